The Morgan fingerprint density at radius 2 is 1.68 bits per heavy atom. The zero-order chi connectivity index (χ0) is 25.9. The topological polar surface area (TPSA) is 62.3 Å². The average Bonchev–Trinajstić information content (AvgIpc) is 3.31. The second-order valence-corrected chi connectivity index (χ2v) is 11.0. The van der Waals surface area contributed by atoms with E-state index in [1.807, 2.05) is 55.1 Å². The number of nitrogens with zero attached hydrogens (tertiary/aromatic N) is 2. The number of rotatable bonds is 5. The van der Waals surface area contributed by atoms with Crippen LogP contribution in [-0.2, 0) is 0 Å². The van der Waals surface area contributed by atoms with E-state index >= 15 is 0 Å². The van der Waals surface area contributed by atoms with Crippen molar-refractivity contribution in [3.05, 3.63) is 105 Å². The van der Waals surface area contributed by atoms with Gasteiger partial charge in [0.05, 0.1) is 9.88 Å². The molecule has 2 amide bonds. The van der Waals surface area contributed by atoms with E-state index in [-0.39, 0.29) is 11.8 Å². The molecule has 7 heteroatoms. The first-order valence-corrected chi connectivity index (χ1v) is 13.6. The number of carbonyl (C=O) groups is 2. The lowest BCUT2D eigenvalue weighted by molar-refractivity contribution is 0.0712. The largest absolute Gasteiger partial charge is 0.339 e. The van der Waals surface area contributed by atoms with Crippen LogP contribution in [0.3, 0.4) is 0 Å². The molecule has 0 aliphatic carbocycles. The van der Waals surface area contributed by atoms with Crippen LogP contribution in [0.1, 0.15) is 55.7 Å². The van der Waals surface area contributed by atoms with Crippen molar-refractivity contribution in [1.82, 2.24) is 9.88 Å². The Hall–Kier alpha value is -3.48. The van der Waals surface area contributed by atoms with E-state index in [0.29, 0.717) is 41.0 Å². The number of hydrogen-bond acceptors (Lipinski definition) is 4. The first-order chi connectivity index (χ1) is 17.9. The summed E-state index contributed by atoms with van der Waals surface area (Å²) in [5.74, 6) is 0.150. The molecule has 1 saturated heterocycles. The second-order valence-electron chi connectivity index (χ2n) is 9.35. The number of nitrogens with one attached hydrogen (secondary N) is 1. The third-order valence-electron chi connectivity index (χ3n) is 6.85. The van der Waals surface area contributed by atoms with E-state index in [0.717, 1.165) is 33.9 Å². The highest BCUT2D eigenvalue weighted by Crippen LogP contribution is 2.35. The highest BCUT2D eigenvalue weighted by molar-refractivity contribution is 7.15. The Morgan fingerprint density at radius 1 is 0.973 bits per heavy atom. The fraction of sp³-hybridized carbons (Fsp3) is 0.233. The van der Waals surface area contributed by atoms with Crippen LogP contribution in [0.15, 0.2) is 72.8 Å². The van der Waals surface area contributed by atoms with Gasteiger partial charge in [0, 0.05) is 34.9 Å². The lowest BCUT2D eigenvalue weighted by Crippen LogP contribution is -2.38. The average molecular weight is 530 g/mol. The van der Waals surface area contributed by atoms with Gasteiger partial charge in [-0.2, -0.15) is 0 Å². The quantitative estimate of drug-likeness (QED) is 0.294. The molecule has 0 atom stereocenters. The van der Waals surface area contributed by atoms with Crippen molar-refractivity contribution in [3.8, 4) is 10.4 Å². The van der Waals surface area contributed by atoms with Crippen LogP contribution >= 0.6 is 22.9 Å². The Kier molecular flexibility index (Phi) is 7.40. The maximum atomic E-state index is 13.4. The van der Waals surface area contributed by atoms with Crippen molar-refractivity contribution in [2.24, 2.45) is 0 Å². The molecule has 0 spiro atoms. The smallest absolute Gasteiger partial charge is 0.275 e. The standard InChI is InChI=1S/C30H28ClN3O2S/c1-19-12-13-23(33-29(35)27-28(37-20(2)32-27)24-10-6-7-11-26(24)31)18-25(19)30(36)34-16-14-22(15-17-34)21-8-4-3-5-9-21/h3-13,18,22H,14-17H2,1-2H3,(H,33,35). The molecule has 0 unspecified atom stereocenters. The maximum absolute atomic E-state index is 13.4. The molecule has 1 N–H and O–H groups in total. The van der Waals surface area contributed by atoms with Crippen molar-refractivity contribution < 1.29 is 9.59 Å². The van der Waals surface area contributed by atoms with E-state index in [1.165, 1.54) is 16.9 Å². The number of anilines is 1. The molecule has 1 aromatic heterocycles. The Balaban J connectivity index is 1.32. The summed E-state index contributed by atoms with van der Waals surface area (Å²) in [6.07, 6.45) is 1.89. The van der Waals surface area contributed by atoms with E-state index in [9.17, 15) is 9.59 Å². The van der Waals surface area contributed by atoms with E-state index in [2.05, 4.69) is 34.6 Å². The number of thiazole rings is 1. The van der Waals surface area contributed by atoms with Gasteiger partial charge in [-0.3, -0.25) is 9.59 Å². The molecule has 5 rings (SSSR count). The van der Waals surface area contributed by atoms with Crippen LogP contribution in [0.25, 0.3) is 10.4 Å². The summed E-state index contributed by atoms with van der Waals surface area (Å²) in [7, 11) is 0. The number of amides is 2. The first-order valence-electron chi connectivity index (χ1n) is 12.4. The predicted octanol–water partition coefficient (Wildman–Crippen LogP) is 7.35. The molecule has 188 valence electrons. The van der Waals surface area contributed by atoms with Gasteiger partial charge in [0.1, 0.15) is 5.69 Å². The number of carbonyl (C=O) groups excluding carboxylic acids is 2. The Morgan fingerprint density at radius 3 is 2.41 bits per heavy atom. The van der Waals surface area contributed by atoms with Gasteiger partial charge in [-0.25, -0.2) is 4.98 Å². The Bertz CT molecular complexity index is 1440. The molecule has 0 saturated carbocycles. The van der Waals surface area contributed by atoms with E-state index in [1.54, 1.807) is 12.1 Å². The van der Waals surface area contributed by atoms with Crippen LogP contribution in [0, 0.1) is 13.8 Å². The molecule has 0 radical (unpaired) electrons. The van der Waals surface area contributed by atoms with Crippen molar-refractivity contribution >= 4 is 40.4 Å². The number of hydrogen-bond donors (Lipinski definition) is 1. The minimum absolute atomic E-state index is 0.00127. The predicted molar refractivity (Wildman–Crippen MR) is 151 cm³/mol. The fourth-order valence-corrected chi connectivity index (χ4v) is 6.08. The van der Waals surface area contributed by atoms with Crippen LogP contribution < -0.4 is 5.32 Å². The zero-order valence-electron chi connectivity index (χ0n) is 20.8. The molecule has 37 heavy (non-hydrogen) atoms. The Labute approximate surface area is 226 Å². The van der Waals surface area contributed by atoms with Gasteiger partial charge in [0.25, 0.3) is 11.8 Å². The van der Waals surface area contributed by atoms with Gasteiger partial charge in [-0.15, -0.1) is 11.3 Å². The van der Waals surface area contributed by atoms with Crippen molar-refractivity contribution in [2.75, 3.05) is 18.4 Å². The van der Waals surface area contributed by atoms with Crippen LogP contribution in [-0.4, -0.2) is 34.8 Å². The third kappa shape index (κ3) is 5.45. The highest BCUT2D eigenvalue weighted by atomic mass is 35.5. The summed E-state index contributed by atoms with van der Waals surface area (Å²) in [6.45, 7) is 5.22. The maximum Gasteiger partial charge on any atom is 0.275 e. The normalized spacial score (nSPS) is 14.0. The van der Waals surface area contributed by atoms with Crippen LogP contribution in [0.4, 0.5) is 5.69 Å². The van der Waals surface area contributed by atoms with Crippen LogP contribution in [0.2, 0.25) is 5.02 Å². The number of piperidine rings is 1. The molecular weight excluding hydrogens is 502 g/mol. The van der Waals surface area contributed by atoms with Gasteiger partial charge >= 0.3 is 0 Å². The molecule has 5 nitrogen and oxygen atoms in total. The summed E-state index contributed by atoms with van der Waals surface area (Å²) in [4.78, 5) is 33.8. The van der Waals surface area contributed by atoms with Gasteiger partial charge < -0.3 is 10.2 Å². The fourth-order valence-electron chi connectivity index (χ4n) is 4.84. The third-order valence-corrected chi connectivity index (χ3v) is 8.18. The summed E-state index contributed by atoms with van der Waals surface area (Å²) in [5, 5.41) is 4.29. The molecule has 0 bridgehead atoms. The molecule has 3 aromatic carbocycles. The monoisotopic (exact) mass is 529 g/mol. The molecule has 2 heterocycles. The molecule has 1 aliphatic heterocycles. The van der Waals surface area contributed by atoms with E-state index < -0.39 is 0 Å². The summed E-state index contributed by atoms with van der Waals surface area (Å²) < 4.78 is 0. The second kappa shape index (κ2) is 10.9. The SMILES string of the molecule is Cc1nc(C(=O)Nc2ccc(C)c(C(=O)N3CCC(c4ccccc4)CC3)c2)c(-c2ccccc2Cl)s1. The van der Waals surface area contributed by atoms with Gasteiger partial charge in [-0.1, -0.05) is 66.2 Å². The first kappa shape index (κ1) is 25.2. The highest BCUT2D eigenvalue weighted by Gasteiger charge is 2.26. The van der Waals surface area contributed by atoms with Gasteiger partial charge in [-0.05, 0) is 61.9 Å². The zero-order valence-corrected chi connectivity index (χ0v) is 22.4. The molecule has 1 aliphatic rings. The molecule has 1 fully saturated rings. The van der Waals surface area contributed by atoms with Crippen molar-refractivity contribution in [3.63, 3.8) is 0 Å². The number of halogens is 1. The summed E-state index contributed by atoms with van der Waals surface area (Å²) in [6, 6.07) is 23.4. The lowest BCUT2D eigenvalue weighted by atomic mass is 9.89. The minimum Gasteiger partial charge on any atom is -0.339 e. The van der Waals surface area contributed by atoms with Gasteiger partial charge in [0.15, 0.2) is 0 Å². The van der Waals surface area contributed by atoms with Crippen LogP contribution in [0.5, 0.6) is 0 Å². The summed E-state index contributed by atoms with van der Waals surface area (Å²) >= 11 is 7.83. The number of likely N-dealkylation sites (tertiary alicyclic amines) is 1. The molecular formula is C30H28ClN3O2S. The number of aromatic nitrogens is 1. The van der Waals surface area contributed by atoms with E-state index in [4.69, 9.17) is 11.6 Å². The number of aryl methyl sites for hydroxylation is 2. The summed E-state index contributed by atoms with van der Waals surface area (Å²) in [5.41, 5.74) is 4.50. The lowest BCUT2D eigenvalue weighted by Gasteiger charge is -2.32. The molecule has 4 aromatic rings. The minimum atomic E-state index is -0.329. The van der Waals surface area contributed by atoms with Gasteiger partial charge in [0.2, 0.25) is 0 Å². The van der Waals surface area contributed by atoms with Crippen molar-refractivity contribution in [2.45, 2.75) is 32.6 Å². The number of benzene rings is 3. The van der Waals surface area contributed by atoms with Crippen molar-refractivity contribution in [1.29, 1.82) is 0 Å².